The third-order valence-electron chi connectivity index (χ3n) is 5.35. The van der Waals surface area contributed by atoms with Gasteiger partial charge in [0.15, 0.2) is 0 Å². The molecule has 5 heteroatoms. The first-order valence-electron chi connectivity index (χ1n) is 8.44. The molecule has 0 aliphatic carbocycles. The normalized spacial score (nSPS) is 38.3. The summed E-state index contributed by atoms with van der Waals surface area (Å²) >= 11 is 6.38. The summed E-state index contributed by atoms with van der Waals surface area (Å²) in [6.45, 7) is 3.26. The molecule has 21 heavy (non-hydrogen) atoms. The van der Waals surface area contributed by atoms with E-state index in [4.69, 9.17) is 10.5 Å². The number of rotatable bonds is 3. The molecule has 0 aromatic carbocycles. The Morgan fingerprint density at radius 3 is 2.71 bits per heavy atom. The molecule has 1 spiro atoms. The van der Waals surface area contributed by atoms with E-state index >= 15 is 0 Å². The molecule has 2 nitrogen and oxygen atoms in total. The van der Waals surface area contributed by atoms with Crippen molar-refractivity contribution in [2.75, 3.05) is 29.6 Å². The van der Waals surface area contributed by atoms with Gasteiger partial charge in [-0.1, -0.05) is 6.92 Å². The van der Waals surface area contributed by atoms with Crippen molar-refractivity contribution in [3.8, 4) is 0 Å². The molecular formula is C16H29NOS3. The first-order valence-corrected chi connectivity index (χ1v) is 11.7. The molecule has 0 amide bonds. The lowest BCUT2D eigenvalue weighted by Crippen LogP contribution is -2.52. The van der Waals surface area contributed by atoms with E-state index in [2.05, 4.69) is 42.2 Å². The highest BCUT2D eigenvalue weighted by Crippen LogP contribution is 2.43. The summed E-state index contributed by atoms with van der Waals surface area (Å²) in [6, 6.07) is 0.364. The van der Waals surface area contributed by atoms with Crippen molar-refractivity contribution in [2.24, 2.45) is 11.7 Å². The van der Waals surface area contributed by atoms with Crippen molar-refractivity contribution < 1.29 is 4.74 Å². The number of thioether (sulfide) groups is 3. The smallest absolute Gasteiger partial charge is 0.0701 e. The fourth-order valence-electron chi connectivity index (χ4n) is 4.05. The van der Waals surface area contributed by atoms with Crippen LogP contribution >= 0.6 is 35.3 Å². The SMILES string of the molecule is CCC1SCCSC1C(N)C1CCOC2(CCSCC2)C1. The summed E-state index contributed by atoms with van der Waals surface area (Å²) < 4.78 is 6.25. The molecule has 0 radical (unpaired) electrons. The predicted octanol–water partition coefficient (Wildman–Crippen LogP) is 3.63. The maximum atomic E-state index is 6.78. The van der Waals surface area contributed by atoms with Crippen LogP contribution in [0.3, 0.4) is 0 Å². The van der Waals surface area contributed by atoms with Crippen LogP contribution in [0.4, 0.5) is 0 Å². The topological polar surface area (TPSA) is 35.2 Å². The van der Waals surface area contributed by atoms with Crippen LogP contribution < -0.4 is 5.73 Å². The minimum atomic E-state index is 0.181. The van der Waals surface area contributed by atoms with Gasteiger partial charge in [-0.2, -0.15) is 35.3 Å². The maximum Gasteiger partial charge on any atom is 0.0701 e. The van der Waals surface area contributed by atoms with Crippen molar-refractivity contribution in [3.05, 3.63) is 0 Å². The third kappa shape index (κ3) is 3.90. The molecule has 4 atom stereocenters. The van der Waals surface area contributed by atoms with Crippen molar-refractivity contribution in [3.63, 3.8) is 0 Å². The summed E-state index contributed by atoms with van der Waals surface area (Å²) in [4.78, 5) is 0. The van der Waals surface area contributed by atoms with Crippen LogP contribution in [0.2, 0.25) is 0 Å². The molecule has 0 aromatic rings. The second-order valence-electron chi connectivity index (χ2n) is 6.63. The molecule has 4 unspecified atom stereocenters. The standard InChI is InChI=1S/C16H29NOS3/c1-2-13-15(21-10-9-20-13)14(17)12-3-6-18-16(11-12)4-7-19-8-5-16/h12-15H,2-11,17H2,1H3. The molecule has 3 aliphatic heterocycles. The Labute approximate surface area is 142 Å². The molecule has 3 rings (SSSR count). The molecule has 3 aliphatic rings. The Morgan fingerprint density at radius 1 is 1.19 bits per heavy atom. The molecule has 122 valence electrons. The van der Waals surface area contributed by atoms with Gasteiger partial charge < -0.3 is 10.5 Å². The van der Waals surface area contributed by atoms with Crippen LogP contribution in [0.15, 0.2) is 0 Å². The average Bonchev–Trinajstić information content (AvgIpc) is 2.55. The van der Waals surface area contributed by atoms with Gasteiger partial charge in [0.05, 0.1) is 5.60 Å². The Bertz CT molecular complexity index is 330. The Kier molecular flexibility index (Phi) is 6.16. The highest BCUT2D eigenvalue weighted by Gasteiger charge is 2.43. The quantitative estimate of drug-likeness (QED) is 0.843. The van der Waals surface area contributed by atoms with E-state index in [0.717, 1.165) is 11.9 Å². The summed E-state index contributed by atoms with van der Waals surface area (Å²) in [5.41, 5.74) is 6.96. The van der Waals surface area contributed by atoms with Crippen molar-refractivity contribution in [2.45, 2.75) is 61.2 Å². The molecule has 3 fully saturated rings. The first kappa shape index (κ1) is 16.8. The molecule has 3 heterocycles. The molecular weight excluding hydrogens is 318 g/mol. The lowest BCUT2D eigenvalue weighted by atomic mass is 9.77. The lowest BCUT2D eigenvalue weighted by molar-refractivity contribution is -0.105. The average molecular weight is 348 g/mol. The second-order valence-corrected chi connectivity index (χ2v) is 10.5. The Balaban J connectivity index is 1.64. The summed E-state index contributed by atoms with van der Waals surface area (Å²) in [5, 5.41) is 1.42. The number of nitrogens with two attached hydrogens (primary N) is 1. The summed E-state index contributed by atoms with van der Waals surface area (Å²) in [7, 11) is 0. The van der Waals surface area contributed by atoms with Gasteiger partial charge >= 0.3 is 0 Å². The zero-order valence-electron chi connectivity index (χ0n) is 13.1. The second kappa shape index (κ2) is 7.69. The van der Waals surface area contributed by atoms with Gasteiger partial charge in [0.2, 0.25) is 0 Å². The molecule has 0 bridgehead atoms. The van der Waals surface area contributed by atoms with Crippen LogP contribution in [0.5, 0.6) is 0 Å². The minimum absolute atomic E-state index is 0.181. The highest BCUT2D eigenvalue weighted by molar-refractivity contribution is 8.07. The monoisotopic (exact) mass is 347 g/mol. The van der Waals surface area contributed by atoms with Gasteiger partial charge in [0.1, 0.15) is 0 Å². The van der Waals surface area contributed by atoms with Gasteiger partial charge in [0, 0.05) is 34.7 Å². The van der Waals surface area contributed by atoms with Gasteiger partial charge in [-0.25, -0.2) is 0 Å². The zero-order valence-corrected chi connectivity index (χ0v) is 15.5. The first-order chi connectivity index (χ1) is 10.2. The number of hydrogen-bond donors (Lipinski definition) is 1. The molecule has 2 N–H and O–H groups in total. The van der Waals surface area contributed by atoms with Crippen LogP contribution in [-0.4, -0.2) is 51.8 Å². The number of hydrogen-bond acceptors (Lipinski definition) is 5. The number of ether oxygens (including phenoxy) is 1. The van der Waals surface area contributed by atoms with Gasteiger partial charge in [0.25, 0.3) is 0 Å². The Hall–Kier alpha value is 0.970. The largest absolute Gasteiger partial charge is 0.375 e. The van der Waals surface area contributed by atoms with Crippen LogP contribution in [0.1, 0.15) is 39.0 Å². The fraction of sp³-hybridized carbons (Fsp3) is 1.00. The van der Waals surface area contributed by atoms with Crippen LogP contribution in [0.25, 0.3) is 0 Å². The molecule has 0 aromatic heterocycles. The predicted molar refractivity (Wildman–Crippen MR) is 98.7 cm³/mol. The van der Waals surface area contributed by atoms with E-state index in [9.17, 15) is 0 Å². The van der Waals surface area contributed by atoms with Gasteiger partial charge in [-0.05, 0) is 49.5 Å². The van der Waals surface area contributed by atoms with Gasteiger partial charge in [-0.3, -0.25) is 0 Å². The van der Waals surface area contributed by atoms with Crippen molar-refractivity contribution in [1.82, 2.24) is 0 Å². The van der Waals surface area contributed by atoms with E-state index in [-0.39, 0.29) is 5.60 Å². The third-order valence-corrected chi connectivity index (χ3v) is 9.73. The van der Waals surface area contributed by atoms with E-state index in [1.54, 1.807) is 0 Å². The van der Waals surface area contributed by atoms with Crippen LogP contribution in [0, 0.1) is 5.92 Å². The zero-order chi connectivity index (χ0) is 14.7. The van der Waals surface area contributed by atoms with Crippen molar-refractivity contribution >= 4 is 35.3 Å². The highest BCUT2D eigenvalue weighted by atomic mass is 32.2. The maximum absolute atomic E-state index is 6.78. The van der Waals surface area contributed by atoms with Gasteiger partial charge in [-0.15, -0.1) is 0 Å². The summed E-state index contributed by atoms with van der Waals surface area (Å²) in [6.07, 6.45) is 6.14. The summed E-state index contributed by atoms with van der Waals surface area (Å²) in [5.74, 6) is 5.81. The molecule has 3 saturated heterocycles. The van der Waals surface area contributed by atoms with Crippen molar-refractivity contribution in [1.29, 1.82) is 0 Å². The lowest BCUT2D eigenvalue weighted by Gasteiger charge is -2.47. The van der Waals surface area contributed by atoms with E-state index < -0.39 is 0 Å². The fourth-order valence-corrected chi connectivity index (χ4v) is 8.56. The molecule has 0 saturated carbocycles. The Morgan fingerprint density at radius 2 is 1.95 bits per heavy atom. The van der Waals surface area contributed by atoms with E-state index in [1.165, 1.54) is 55.1 Å². The van der Waals surface area contributed by atoms with Crippen LogP contribution in [-0.2, 0) is 4.74 Å². The minimum Gasteiger partial charge on any atom is -0.375 e. The van der Waals surface area contributed by atoms with E-state index in [0.29, 0.717) is 17.2 Å². The van der Waals surface area contributed by atoms with E-state index in [1.807, 2.05) is 0 Å².